The zero-order valence-electron chi connectivity index (χ0n) is 10.9. The number of hydrogen-bond acceptors (Lipinski definition) is 3. The summed E-state index contributed by atoms with van der Waals surface area (Å²) in [5.41, 5.74) is -0.0994. The summed E-state index contributed by atoms with van der Waals surface area (Å²) < 4.78 is 23.9. The van der Waals surface area contributed by atoms with Crippen molar-refractivity contribution >= 4 is 5.97 Å². The lowest BCUT2D eigenvalue weighted by atomic mass is 9.49. The fraction of sp³-hybridized carbons (Fsp3) is 0.533. The average Bonchev–Trinajstić information content (AvgIpc) is 2.30. The van der Waals surface area contributed by atoms with Gasteiger partial charge in [-0.25, -0.2) is 4.39 Å². The van der Waals surface area contributed by atoms with Gasteiger partial charge in [0.15, 0.2) is 0 Å². The molecule has 0 bridgehead atoms. The molecule has 1 heterocycles. The monoisotopic (exact) mass is 264 g/mol. The molecule has 19 heavy (non-hydrogen) atoms. The van der Waals surface area contributed by atoms with Gasteiger partial charge >= 0.3 is 5.97 Å². The predicted molar refractivity (Wildman–Crippen MR) is 67.2 cm³/mol. The lowest BCUT2D eigenvalue weighted by Gasteiger charge is -2.58. The van der Waals surface area contributed by atoms with E-state index in [1.807, 2.05) is 6.07 Å². The van der Waals surface area contributed by atoms with Crippen LogP contribution in [0.2, 0.25) is 0 Å². The average molecular weight is 264 g/mol. The summed E-state index contributed by atoms with van der Waals surface area (Å²) >= 11 is 0. The molecule has 1 saturated heterocycles. The number of methoxy groups -OCH3 is 1. The van der Waals surface area contributed by atoms with E-state index < -0.39 is 10.8 Å². The van der Waals surface area contributed by atoms with E-state index >= 15 is 0 Å². The number of benzene rings is 1. The highest BCUT2D eigenvalue weighted by Gasteiger charge is 2.64. The van der Waals surface area contributed by atoms with Crippen molar-refractivity contribution < 1.29 is 18.7 Å². The van der Waals surface area contributed by atoms with Gasteiger partial charge in [0.1, 0.15) is 5.82 Å². The molecule has 2 fully saturated rings. The molecule has 2 aliphatic rings. The van der Waals surface area contributed by atoms with Crippen molar-refractivity contribution in [1.82, 2.24) is 0 Å². The number of ether oxygens (including phenoxy) is 2. The summed E-state index contributed by atoms with van der Waals surface area (Å²) in [5.74, 6) is -0.463. The number of carbonyl (C=O) groups excluding carboxylic acids is 1. The van der Waals surface area contributed by atoms with Crippen molar-refractivity contribution in [3.05, 3.63) is 35.6 Å². The van der Waals surface area contributed by atoms with Crippen LogP contribution in [-0.2, 0) is 19.7 Å². The summed E-state index contributed by atoms with van der Waals surface area (Å²) in [6, 6.07) is 6.51. The lowest BCUT2D eigenvalue weighted by molar-refractivity contribution is -0.195. The Morgan fingerprint density at radius 1 is 1.37 bits per heavy atom. The highest BCUT2D eigenvalue weighted by Crippen LogP contribution is 2.59. The van der Waals surface area contributed by atoms with Gasteiger partial charge in [0.05, 0.1) is 31.2 Å². The summed E-state index contributed by atoms with van der Waals surface area (Å²) in [5, 5.41) is 0. The van der Waals surface area contributed by atoms with Gasteiger partial charge < -0.3 is 9.47 Å². The van der Waals surface area contributed by atoms with Crippen molar-refractivity contribution in [2.75, 3.05) is 20.3 Å². The minimum Gasteiger partial charge on any atom is -0.469 e. The molecular weight excluding hydrogens is 247 g/mol. The van der Waals surface area contributed by atoms with Gasteiger partial charge in [-0.05, 0) is 30.5 Å². The first-order chi connectivity index (χ1) is 9.14. The van der Waals surface area contributed by atoms with Crippen molar-refractivity contribution in [2.45, 2.75) is 24.7 Å². The van der Waals surface area contributed by atoms with Crippen LogP contribution in [0.5, 0.6) is 0 Å². The third kappa shape index (κ3) is 1.56. The van der Waals surface area contributed by atoms with Crippen molar-refractivity contribution in [1.29, 1.82) is 0 Å². The Kier molecular flexibility index (Phi) is 2.86. The van der Waals surface area contributed by atoms with Crippen LogP contribution >= 0.6 is 0 Å². The van der Waals surface area contributed by atoms with Gasteiger partial charge in [0.25, 0.3) is 0 Å². The molecular formula is C15H17FO3. The SMILES string of the molecule is COC(=O)C1(C2(c3cccc(F)c3)COC2)CCC1. The van der Waals surface area contributed by atoms with Gasteiger partial charge in [0.2, 0.25) is 0 Å². The summed E-state index contributed by atoms with van der Waals surface area (Å²) in [4.78, 5) is 12.2. The van der Waals surface area contributed by atoms with Gasteiger partial charge in [0, 0.05) is 0 Å². The Morgan fingerprint density at radius 3 is 2.53 bits per heavy atom. The maximum Gasteiger partial charge on any atom is 0.312 e. The second-order valence-electron chi connectivity index (χ2n) is 5.51. The van der Waals surface area contributed by atoms with Crippen LogP contribution in [0.3, 0.4) is 0 Å². The van der Waals surface area contributed by atoms with Crippen LogP contribution in [-0.4, -0.2) is 26.3 Å². The van der Waals surface area contributed by atoms with E-state index in [0.717, 1.165) is 24.8 Å². The molecule has 0 N–H and O–H groups in total. The molecule has 0 unspecified atom stereocenters. The molecule has 102 valence electrons. The largest absolute Gasteiger partial charge is 0.469 e. The molecule has 0 amide bonds. The second kappa shape index (κ2) is 4.30. The smallest absolute Gasteiger partial charge is 0.312 e. The number of rotatable bonds is 3. The van der Waals surface area contributed by atoms with Gasteiger partial charge in [-0.15, -0.1) is 0 Å². The lowest BCUT2D eigenvalue weighted by Crippen LogP contribution is -2.65. The molecule has 3 nitrogen and oxygen atoms in total. The topological polar surface area (TPSA) is 35.5 Å². The van der Waals surface area contributed by atoms with E-state index in [-0.39, 0.29) is 11.8 Å². The molecule has 1 aliphatic carbocycles. The van der Waals surface area contributed by atoms with Crippen molar-refractivity contribution in [3.63, 3.8) is 0 Å². The molecule has 4 heteroatoms. The fourth-order valence-electron chi connectivity index (χ4n) is 3.42. The second-order valence-corrected chi connectivity index (χ2v) is 5.51. The van der Waals surface area contributed by atoms with Gasteiger partial charge in [-0.3, -0.25) is 4.79 Å². The molecule has 0 radical (unpaired) electrons. The number of hydrogen-bond donors (Lipinski definition) is 0. The van der Waals surface area contributed by atoms with E-state index in [9.17, 15) is 9.18 Å². The highest BCUT2D eigenvalue weighted by atomic mass is 19.1. The third-order valence-corrected chi connectivity index (χ3v) is 4.77. The van der Waals surface area contributed by atoms with Crippen LogP contribution in [0.15, 0.2) is 24.3 Å². The van der Waals surface area contributed by atoms with Crippen molar-refractivity contribution in [2.24, 2.45) is 5.41 Å². The predicted octanol–water partition coefficient (Wildman–Crippen LogP) is 2.44. The number of esters is 1. The van der Waals surface area contributed by atoms with Crippen LogP contribution in [0.1, 0.15) is 24.8 Å². The van der Waals surface area contributed by atoms with Crippen LogP contribution < -0.4 is 0 Å². The Bertz CT molecular complexity index is 504. The minimum absolute atomic E-state index is 0.189. The van der Waals surface area contributed by atoms with E-state index in [4.69, 9.17) is 9.47 Å². The first-order valence-electron chi connectivity index (χ1n) is 6.57. The molecule has 0 aromatic heterocycles. The summed E-state index contributed by atoms with van der Waals surface area (Å²) in [6.45, 7) is 0.928. The number of carbonyl (C=O) groups is 1. The number of halogens is 1. The molecule has 1 aromatic carbocycles. The fourth-order valence-corrected chi connectivity index (χ4v) is 3.42. The summed E-state index contributed by atoms with van der Waals surface area (Å²) in [6.07, 6.45) is 2.59. The van der Waals surface area contributed by atoms with Crippen molar-refractivity contribution in [3.8, 4) is 0 Å². The first kappa shape index (κ1) is 12.6. The maximum absolute atomic E-state index is 13.5. The molecule has 1 saturated carbocycles. The Hall–Kier alpha value is -1.42. The highest BCUT2D eigenvalue weighted by molar-refractivity contribution is 5.80. The Morgan fingerprint density at radius 2 is 2.11 bits per heavy atom. The van der Waals surface area contributed by atoms with E-state index in [1.165, 1.54) is 19.2 Å². The van der Waals surface area contributed by atoms with Gasteiger partial charge in [-0.2, -0.15) is 0 Å². The first-order valence-corrected chi connectivity index (χ1v) is 6.57. The normalized spacial score (nSPS) is 23.1. The molecule has 1 aliphatic heterocycles. The van der Waals surface area contributed by atoms with Gasteiger partial charge in [-0.1, -0.05) is 18.6 Å². The molecule has 0 atom stereocenters. The standard InChI is InChI=1S/C15H17FO3/c1-18-13(17)14(6-3-7-14)15(9-19-10-15)11-4-2-5-12(16)8-11/h2,4-5,8H,3,6-7,9-10H2,1H3. The van der Waals surface area contributed by atoms with E-state index in [2.05, 4.69) is 0 Å². The third-order valence-electron chi connectivity index (χ3n) is 4.77. The molecule has 3 rings (SSSR count). The van der Waals surface area contributed by atoms with E-state index in [1.54, 1.807) is 6.07 Å². The quantitative estimate of drug-likeness (QED) is 0.787. The van der Waals surface area contributed by atoms with Crippen LogP contribution in [0.4, 0.5) is 4.39 Å². The zero-order chi connectivity index (χ0) is 13.5. The van der Waals surface area contributed by atoms with Crippen LogP contribution in [0, 0.1) is 11.2 Å². The summed E-state index contributed by atoms with van der Waals surface area (Å²) in [7, 11) is 1.42. The van der Waals surface area contributed by atoms with E-state index in [0.29, 0.717) is 13.2 Å². The van der Waals surface area contributed by atoms with Crippen LogP contribution in [0.25, 0.3) is 0 Å². The maximum atomic E-state index is 13.5. The Labute approximate surface area is 111 Å². The molecule has 0 spiro atoms. The Balaban J connectivity index is 2.06. The zero-order valence-corrected chi connectivity index (χ0v) is 10.9. The minimum atomic E-state index is -0.534. The molecule has 1 aromatic rings.